The number of hydrogen-bond acceptors (Lipinski definition) is 11. The summed E-state index contributed by atoms with van der Waals surface area (Å²) >= 11 is 0. The van der Waals surface area contributed by atoms with Crippen molar-refractivity contribution in [2.45, 2.75) is 25.5 Å². The Kier molecular flexibility index (Phi) is 6.15. The number of aliphatic hydroxyl groups is 2. The second-order valence-corrected chi connectivity index (χ2v) is 8.91. The Hall–Kier alpha value is -4.62. The van der Waals surface area contributed by atoms with E-state index in [0.29, 0.717) is 28.2 Å². The van der Waals surface area contributed by atoms with Gasteiger partial charge in [0.25, 0.3) is 11.4 Å². The van der Waals surface area contributed by atoms with E-state index in [1.54, 1.807) is 19.2 Å². The Labute approximate surface area is 210 Å². The summed E-state index contributed by atoms with van der Waals surface area (Å²) in [6, 6.07) is 12.2. The number of aromatic nitrogens is 7. The summed E-state index contributed by atoms with van der Waals surface area (Å²) in [5.74, 6) is 1.06. The van der Waals surface area contributed by atoms with Crippen molar-refractivity contribution in [3.05, 3.63) is 70.5 Å². The van der Waals surface area contributed by atoms with Crippen molar-refractivity contribution in [1.82, 2.24) is 34.9 Å². The standard InChI is InChI=1S/C24H25N9O4/c1-24(2,36)22-31-30-21(37-22)15-11-25-23(28-17-10-9-14-19(27-17)33(3)32-20(14)35)29-18(15)26-16(12-34)13-7-5-4-6-8-13/h4-11,16,34,36H,12H2,1-3H3,(H,32,35)(H2,25,26,27,28,29)/t16-/m1/s1. The Morgan fingerprint density at radius 2 is 1.92 bits per heavy atom. The van der Waals surface area contributed by atoms with Gasteiger partial charge in [0.15, 0.2) is 5.65 Å². The number of H-pyrrole nitrogens is 1. The molecule has 0 bridgehead atoms. The van der Waals surface area contributed by atoms with Crippen molar-refractivity contribution in [3.8, 4) is 11.5 Å². The number of aryl methyl sites for hydroxylation is 1. The molecule has 13 nitrogen and oxygen atoms in total. The van der Waals surface area contributed by atoms with E-state index in [0.717, 1.165) is 5.56 Å². The van der Waals surface area contributed by atoms with Gasteiger partial charge in [-0.1, -0.05) is 30.3 Å². The molecule has 1 atom stereocenters. The van der Waals surface area contributed by atoms with Crippen LogP contribution in [0.15, 0.2) is 57.9 Å². The summed E-state index contributed by atoms with van der Waals surface area (Å²) in [6.07, 6.45) is 1.49. The molecule has 1 aromatic carbocycles. The first-order valence-corrected chi connectivity index (χ1v) is 11.4. The lowest BCUT2D eigenvalue weighted by Gasteiger charge is -2.19. The average molecular weight is 504 g/mol. The molecule has 13 heteroatoms. The van der Waals surface area contributed by atoms with E-state index >= 15 is 0 Å². The molecule has 0 unspecified atom stereocenters. The third-order valence-corrected chi connectivity index (χ3v) is 5.61. The highest BCUT2D eigenvalue weighted by Gasteiger charge is 2.26. The van der Waals surface area contributed by atoms with Crippen LogP contribution in [0.4, 0.5) is 17.6 Å². The molecular formula is C24H25N9O4. The van der Waals surface area contributed by atoms with Crippen LogP contribution in [-0.2, 0) is 12.6 Å². The maximum Gasteiger partial charge on any atom is 0.273 e. The van der Waals surface area contributed by atoms with E-state index in [2.05, 4.69) is 40.9 Å². The zero-order valence-electron chi connectivity index (χ0n) is 20.3. The minimum atomic E-state index is -1.33. The molecule has 5 N–H and O–H groups in total. The molecule has 0 saturated heterocycles. The molecular weight excluding hydrogens is 478 g/mol. The van der Waals surface area contributed by atoms with Crippen molar-refractivity contribution < 1.29 is 14.6 Å². The van der Waals surface area contributed by atoms with E-state index in [1.165, 1.54) is 24.7 Å². The third-order valence-electron chi connectivity index (χ3n) is 5.61. The van der Waals surface area contributed by atoms with E-state index < -0.39 is 11.6 Å². The second-order valence-electron chi connectivity index (χ2n) is 8.91. The van der Waals surface area contributed by atoms with Crippen LogP contribution in [0.5, 0.6) is 0 Å². The van der Waals surface area contributed by atoms with Crippen molar-refractivity contribution in [2.24, 2.45) is 7.05 Å². The highest BCUT2D eigenvalue weighted by Crippen LogP contribution is 2.31. The number of fused-ring (bicyclic) bond motifs is 1. The van der Waals surface area contributed by atoms with Crippen molar-refractivity contribution in [2.75, 3.05) is 17.2 Å². The molecule has 0 fully saturated rings. The molecule has 4 aromatic heterocycles. The Morgan fingerprint density at radius 3 is 2.62 bits per heavy atom. The van der Waals surface area contributed by atoms with Gasteiger partial charge in [0, 0.05) is 13.2 Å². The molecule has 0 radical (unpaired) electrons. The highest BCUT2D eigenvalue weighted by atomic mass is 16.4. The Balaban J connectivity index is 1.53. The maximum atomic E-state index is 12.0. The quantitative estimate of drug-likeness (QED) is 0.209. The smallest absolute Gasteiger partial charge is 0.273 e. The maximum absolute atomic E-state index is 12.0. The van der Waals surface area contributed by atoms with E-state index in [1.807, 2.05) is 30.3 Å². The molecule has 0 spiro atoms. The van der Waals surface area contributed by atoms with Crippen molar-refractivity contribution in [1.29, 1.82) is 0 Å². The van der Waals surface area contributed by atoms with Crippen LogP contribution in [-0.4, -0.2) is 51.7 Å². The largest absolute Gasteiger partial charge is 0.417 e. The first-order chi connectivity index (χ1) is 17.7. The van der Waals surface area contributed by atoms with Gasteiger partial charge in [0.1, 0.15) is 17.2 Å². The minimum Gasteiger partial charge on any atom is -0.417 e. The molecule has 0 aliphatic heterocycles. The first-order valence-electron chi connectivity index (χ1n) is 11.4. The normalized spacial score (nSPS) is 12.6. The second kappa shape index (κ2) is 9.44. The van der Waals surface area contributed by atoms with Crippen LogP contribution >= 0.6 is 0 Å². The summed E-state index contributed by atoms with van der Waals surface area (Å²) in [7, 11) is 1.69. The first kappa shape index (κ1) is 24.1. The number of nitrogens with zero attached hydrogens (tertiary/aromatic N) is 6. The number of benzene rings is 1. The fourth-order valence-corrected chi connectivity index (χ4v) is 3.70. The Morgan fingerprint density at radius 1 is 1.14 bits per heavy atom. The molecule has 0 aliphatic rings. The zero-order chi connectivity index (χ0) is 26.2. The number of aromatic amines is 1. The number of anilines is 3. The summed E-state index contributed by atoms with van der Waals surface area (Å²) < 4.78 is 7.22. The summed E-state index contributed by atoms with van der Waals surface area (Å²) in [5.41, 5.74) is 0.122. The zero-order valence-corrected chi connectivity index (χ0v) is 20.3. The van der Waals surface area contributed by atoms with E-state index in [9.17, 15) is 15.0 Å². The SMILES string of the molecule is Cn1[nH]c(=O)c2ccc(Nc3ncc(-c4nnc(C(C)(C)O)o4)c(N[C@H](CO)c4ccccc4)n3)nc21. The van der Waals surface area contributed by atoms with Gasteiger partial charge in [0.2, 0.25) is 11.8 Å². The molecule has 4 heterocycles. The van der Waals surface area contributed by atoms with E-state index in [-0.39, 0.29) is 29.9 Å². The van der Waals surface area contributed by atoms with Crippen LogP contribution in [0.25, 0.3) is 22.5 Å². The van der Waals surface area contributed by atoms with Gasteiger partial charge < -0.3 is 25.3 Å². The number of pyridine rings is 1. The fraction of sp³-hybridized carbons (Fsp3) is 0.250. The summed E-state index contributed by atoms with van der Waals surface area (Å²) in [6.45, 7) is 2.86. The molecule has 190 valence electrons. The molecule has 5 aromatic rings. The average Bonchev–Trinajstić information content (AvgIpc) is 3.48. The van der Waals surface area contributed by atoms with Crippen molar-refractivity contribution >= 4 is 28.6 Å². The topological polar surface area (TPSA) is 180 Å². The molecule has 5 rings (SSSR count). The number of hydrogen-bond donors (Lipinski definition) is 5. The van der Waals surface area contributed by atoms with Gasteiger partial charge in [-0.3, -0.25) is 14.6 Å². The lowest BCUT2D eigenvalue weighted by molar-refractivity contribution is 0.0488. The van der Waals surface area contributed by atoms with Crippen molar-refractivity contribution in [3.63, 3.8) is 0 Å². The summed E-state index contributed by atoms with van der Waals surface area (Å²) in [5, 5.41) is 37.7. The van der Waals surface area contributed by atoms with Crippen LogP contribution in [0.1, 0.15) is 31.3 Å². The molecule has 37 heavy (non-hydrogen) atoms. The lowest BCUT2D eigenvalue weighted by Crippen LogP contribution is -2.17. The molecule has 0 saturated carbocycles. The van der Waals surface area contributed by atoms with Gasteiger partial charge in [-0.05, 0) is 31.5 Å². The van der Waals surface area contributed by atoms with Gasteiger partial charge in [-0.2, -0.15) is 4.98 Å². The minimum absolute atomic E-state index is 0.0343. The monoisotopic (exact) mass is 503 g/mol. The van der Waals surface area contributed by atoms with Crippen LogP contribution in [0.2, 0.25) is 0 Å². The number of nitrogens with one attached hydrogen (secondary N) is 3. The molecule has 0 aliphatic carbocycles. The predicted molar refractivity (Wildman–Crippen MR) is 135 cm³/mol. The number of rotatable bonds is 8. The third kappa shape index (κ3) is 4.90. The Bertz CT molecular complexity index is 1600. The molecule has 0 amide bonds. The van der Waals surface area contributed by atoms with Crippen LogP contribution in [0.3, 0.4) is 0 Å². The lowest BCUT2D eigenvalue weighted by atomic mass is 10.1. The number of aliphatic hydroxyl groups excluding tert-OH is 1. The van der Waals surface area contributed by atoms with Gasteiger partial charge in [0.05, 0.1) is 23.6 Å². The van der Waals surface area contributed by atoms with Gasteiger partial charge >= 0.3 is 0 Å². The predicted octanol–water partition coefficient (Wildman–Crippen LogP) is 2.22. The fourth-order valence-electron chi connectivity index (χ4n) is 3.70. The van der Waals surface area contributed by atoms with Crippen LogP contribution < -0.4 is 16.2 Å². The van der Waals surface area contributed by atoms with Gasteiger partial charge in [-0.25, -0.2) is 9.97 Å². The van der Waals surface area contributed by atoms with E-state index in [4.69, 9.17) is 4.42 Å². The van der Waals surface area contributed by atoms with Gasteiger partial charge in [-0.15, -0.1) is 10.2 Å². The van der Waals surface area contributed by atoms with Crippen LogP contribution in [0, 0.1) is 0 Å². The highest BCUT2D eigenvalue weighted by molar-refractivity contribution is 5.77. The summed E-state index contributed by atoms with van der Waals surface area (Å²) in [4.78, 5) is 25.4.